The van der Waals surface area contributed by atoms with E-state index in [1.165, 1.54) is 6.08 Å². The van der Waals surface area contributed by atoms with Gasteiger partial charge in [0.1, 0.15) is 0 Å². The van der Waals surface area contributed by atoms with Crippen LogP contribution in [0, 0.1) is 0 Å². The van der Waals surface area contributed by atoms with E-state index in [-0.39, 0.29) is 5.57 Å². The predicted molar refractivity (Wildman–Crippen MR) is 53.0 cm³/mol. The number of rotatable bonds is 4. The van der Waals surface area contributed by atoms with Crippen molar-refractivity contribution in [1.82, 2.24) is 0 Å². The molecule has 0 rings (SSSR count). The van der Waals surface area contributed by atoms with Crippen LogP contribution in [0.2, 0.25) is 0 Å². The highest BCUT2D eigenvalue weighted by Crippen LogP contribution is 2.24. The van der Waals surface area contributed by atoms with E-state index < -0.39 is 12.6 Å². The van der Waals surface area contributed by atoms with Crippen molar-refractivity contribution in [2.45, 2.75) is 32.9 Å². The lowest BCUT2D eigenvalue weighted by atomic mass is 10.1. The van der Waals surface area contributed by atoms with Gasteiger partial charge in [0.15, 0.2) is 0 Å². The van der Waals surface area contributed by atoms with E-state index in [4.69, 9.17) is 0 Å². The molecule has 0 radical (unpaired) electrons. The summed E-state index contributed by atoms with van der Waals surface area (Å²) in [6.45, 7) is 7.15. The Labute approximate surface area is 82.8 Å². The van der Waals surface area contributed by atoms with Crippen molar-refractivity contribution in [2.75, 3.05) is 0 Å². The lowest BCUT2D eigenvalue weighted by Crippen LogP contribution is -2.06. The topological polar surface area (TPSA) is 0 Å². The van der Waals surface area contributed by atoms with E-state index in [1.807, 2.05) is 19.9 Å². The third-order valence-electron chi connectivity index (χ3n) is 1.74. The van der Waals surface area contributed by atoms with E-state index in [1.54, 1.807) is 6.08 Å². The molecule has 0 atom stereocenters. The Hall–Kier alpha value is -0.990. The van der Waals surface area contributed by atoms with Crippen LogP contribution in [0.5, 0.6) is 0 Å². The average Bonchev–Trinajstić information content (AvgIpc) is 2.03. The van der Waals surface area contributed by atoms with Gasteiger partial charge < -0.3 is 0 Å². The molecular weight excluding hydrogens is 189 g/mol. The van der Waals surface area contributed by atoms with Crippen molar-refractivity contribution in [3.05, 3.63) is 36.0 Å². The summed E-state index contributed by atoms with van der Waals surface area (Å²) in [6.07, 6.45) is 0.679. The van der Waals surface area contributed by atoms with Gasteiger partial charge in [-0.3, -0.25) is 0 Å². The van der Waals surface area contributed by atoms with Gasteiger partial charge >= 0.3 is 6.18 Å². The number of halogens is 3. The summed E-state index contributed by atoms with van der Waals surface area (Å²) in [4.78, 5) is 0. The van der Waals surface area contributed by atoms with E-state index in [2.05, 4.69) is 6.58 Å². The Bertz CT molecular complexity index is 244. The summed E-state index contributed by atoms with van der Waals surface area (Å²) >= 11 is 0. The summed E-state index contributed by atoms with van der Waals surface area (Å²) < 4.78 is 35.7. The maximum absolute atomic E-state index is 11.9. The second-order valence-corrected chi connectivity index (χ2v) is 3.00. The van der Waals surface area contributed by atoms with Gasteiger partial charge in [-0.1, -0.05) is 37.3 Å². The summed E-state index contributed by atoms with van der Waals surface area (Å²) in [6, 6.07) is 0. The Morgan fingerprint density at radius 3 is 2.21 bits per heavy atom. The van der Waals surface area contributed by atoms with Gasteiger partial charge in [-0.25, -0.2) is 0 Å². The number of allylic oxidation sites excluding steroid dienone is 5. The van der Waals surface area contributed by atoms with E-state index >= 15 is 0 Å². The maximum Gasteiger partial charge on any atom is 0.393 e. The molecule has 0 aromatic carbocycles. The normalized spacial score (nSPS) is 13.6. The Morgan fingerprint density at radius 1 is 1.29 bits per heavy atom. The fraction of sp³-hybridized carbons (Fsp3) is 0.455. The fourth-order valence-corrected chi connectivity index (χ4v) is 0.959. The van der Waals surface area contributed by atoms with E-state index in [0.29, 0.717) is 0 Å². The first-order valence-electron chi connectivity index (χ1n) is 4.46. The molecule has 0 fully saturated rings. The second-order valence-electron chi connectivity index (χ2n) is 3.00. The summed E-state index contributed by atoms with van der Waals surface area (Å²) in [5.74, 6) is 0. The first-order valence-corrected chi connectivity index (χ1v) is 4.46. The summed E-state index contributed by atoms with van der Waals surface area (Å²) in [7, 11) is 0. The smallest absolute Gasteiger partial charge is 0.171 e. The molecular formula is C11H15F3. The van der Waals surface area contributed by atoms with Crippen molar-refractivity contribution in [1.29, 1.82) is 0 Å². The van der Waals surface area contributed by atoms with Gasteiger partial charge in [0.25, 0.3) is 0 Å². The molecule has 0 aliphatic heterocycles. The molecule has 0 saturated carbocycles. The molecule has 14 heavy (non-hydrogen) atoms. The molecule has 0 nitrogen and oxygen atoms in total. The molecule has 0 spiro atoms. The van der Waals surface area contributed by atoms with Crippen molar-refractivity contribution in [3.8, 4) is 0 Å². The SMILES string of the molecule is C=C(/C=C\C(=C/C)CC)CC(F)(F)F. The monoisotopic (exact) mass is 204 g/mol. The summed E-state index contributed by atoms with van der Waals surface area (Å²) in [5.41, 5.74) is 1.10. The van der Waals surface area contributed by atoms with E-state index in [9.17, 15) is 13.2 Å². The zero-order chi connectivity index (χ0) is 11.2. The minimum absolute atomic E-state index is 0.0882. The largest absolute Gasteiger partial charge is 0.393 e. The van der Waals surface area contributed by atoms with Gasteiger partial charge in [-0.05, 0) is 18.9 Å². The third kappa shape index (κ3) is 6.52. The lowest BCUT2D eigenvalue weighted by Gasteiger charge is -2.05. The maximum atomic E-state index is 11.9. The van der Waals surface area contributed by atoms with Crippen molar-refractivity contribution in [3.63, 3.8) is 0 Å². The predicted octanol–water partition coefficient (Wildman–Crippen LogP) is 4.41. The molecule has 0 bridgehead atoms. The lowest BCUT2D eigenvalue weighted by molar-refractivity contribution is -0.126. The Balaban J connectivity index is 4.19. The van der Waals surface area contributed by atoms with Gasteiger partial charge in [-0.2, -0.15) is 13.2 Å². The molecule has 0 heterocycles. The quantitative estimate of drug-likeness (QED) is 0.595. The van der Waals surface area contributed by atoms with Crippen LogP contribution in [0.25, 0.3) is 0 Å². The first-order chi connectivity index (χ1) is 6.39. The highest BCUT2D eigenvalue weighted by molar-refractivity contribution is 5.26. The van der Waals surface area contributed by atoms with Crippen molar-refractivity contribution < 1.29 is 13.2 Å². The van der Waals surface area contributed by atoms with Crippen LogP contribution >= 0.6 is 0 Å². The standard InChI is InChI=1S/C11H15F3/c1-4-10(5-2)7-6-9(3)8-11(12,13)14/h4,6-7H,3,5,8H2,1-2H3/b7-6-,10-4-. The van der Waals surface area contributed by atoms with Crippen LogP contribution < -0.4 is 0 Å². The molecule has 0 unspecified atom stereocenters. The molecule has 0 saturated heterocycles. The van der Waals surface area contributed by atoms with E-state index in [0.717, 1.165) is 12.0 Å². The highest BCUT2D eigenvalue weighted by atomic mass is 19.4. The van der Waals surface area contributed by atoms with Crippen LogP contribution in [0.4, 0.5) is 13.2 Å². The number of hydrogen-bond donors (Lipinski definition) is 0. The minimum atomic E-state index is -4.16. The fourth-order valence-electron chi connectivity index (χ4n) is 0.959. The molecule has 0 aliphatic rings. The van der Waals surface area contributed by atoms with Gasteiger partial charge in [0, 0.05) is 0 Å². The summed E-state index contributed by atoms with van der Waals surface area (Å²) in [5, 5.41) is 0. The highest BCUT2D eigenvalue weighted by Gasteiger charge is 2.27. The average molecular weight is 204 g/mol. The van der Waals surface area contributed by atoms with Crippen LogP contribution in [0.15, 0.2) is 36.0 Å². The number of alkyl halides is 3. The van der Waals surface area contributed by atoms with Crippen molar-refractivity contribution >= 4 is 0 Å². The second kappa shape index (κ2) is 5.68. The third-order valence-corrected chi connectivity index (χ3v) is 1.74. The molecule has 0 amide bonds. The van der Waals surface area contributed by atoms with Gasteiger partial charge in [0.05, 0.1) is 6.42 Å². The zero-order valence-electron chi connectivity index (χ0n) is 8.49. The Kier molecular flexibility index (Phi) is 5.28. The molecule has 3 heteroatoms. The van der Waals surface area contributed by atoms with Gasteiger partial charge in [0.2, 0.25) is 0 Å². The molecule has 0 aromatic heterocycles. The Morgan fingerprint density at radius 2 is 1.86 bits per heavy atom. The van der Waals surface area contributed by atoms with Crippen LogP contribution in [-0.2, 0) is 0 Å². The molecule has 0 aromatic rings. The first kappa shape index (κ1) is 13.0. The minimum Gasteiger partial charge on any atom is -0.171 e. The van der Waals surface area contributed by atoms with Gasteiger partial charge in [-0.15, -0.1) is 0 Å². The van der Waals surface area contributed by atoms with Crippen LogP contribution in [0.3, 0.4) is 0 Å². The molecule has 0 N–H and O–H groups in total. The van der Waals surface area contributed by atoms with Crippen LogP contribution in [0.1, 0.15) is 26.7 Å². The number of hydrogen-bond acceptors (Lipinski definition) is 0. The van der Waals surface area contributed by atoms with Crippen LogP contribution in [-0.4, -0.2) is 6.18 Å². The molecule has 80 valence electrons. The van der Waals surface area contributed by atoms with Crippen molar-refractivity contribution in [2.24, 2.45) is 0 Å². The molecule has 0 aliphatic carbocycles. The zero-order valence-corrected chi connectivity index (χ0v) is 8.49.